The van der Waals surface area contributed by atoms with Gasteiger partial charge in [0.15, 0.2) is 16.6 Å². The number of carbonyl (C=O) groups is 1. The van der Waals surface area contributed by atoms with Gasteiger partial charge in [-0.05, 0) is 36.8 Å². The van der Waals surface area contributed by atoms with Crippen molar-refractivity contribution in [3.05, 3.63) is 82.3 Å². The molecule has 0 radical (unpaired) electrons. The second-order valence-corrected chi connectivity index (χ2v) is 7.04. The van der Waals surface area contributed by atoms with Gasteiger partial charge in [-0.3, -0.25) is 9.78 Å². The average Bonchev–Trinajstić information content (AvgIpc) is 3.32. The highest BCUT2D eigenvalue weighted by Gasteiger charge is 2.28. The molecule has 0 aliphatic carbocycles. The van der Waals surface area contributed by atoms with Crippen LogP contribution in [-0.4, -0.2) is 22.0 Å². The standard InChI is InChI=1S/C20H16FN3O2S/c1-12-16(10-18(26-12)20-23-8-9-27-20)13-2-4-14(5-3-13)24-19(25)15-6-7-22-11-17(15)21/h2-12,16H,1H3,(H,24,25). The highest BCUT2D eigenvalue weighted by Crippen LogP contribution is 2.37. The molecule has 5 nitrogen and oxygen atoms in total. The van der Waals surface area contributed by atoms with Crippen LogP contribution in [0, 0.1) is 5.82 Å². The first kappa shape index (κ1) is 17.4. The molecule has 1 aliphatic heterocycles. The quantitative estimate of drug-likeness (QED) is 0.724. The molecule has 1 N–H and O–H groups in total. The second-order valence-electron chi connectivity index (χ2n) is 6.15. The van der Waals surface area contributed by atoms with Crippen molar-refractivity contribution in [1.29, 1.82) is 0 Å². The lowest BCUT2D eigenvalue weighted by Gasteiger charge is -2.15. The number of rotatable bonds is 4. The first-order valence-electron chi connectivity index (χ1n) is 8.41. The Morgan fingerprint density at radius 2 is 2.04 bits per heavy atom. The molecule has 0 spiro atoms. The number of thiazole rings is 1. The Morgan fingerprint density at radius 1 is 1.22 bits per heavy atom. The van der Waals surface area contributed by atoms with Crippen LogP contribution in [0.5, 0.6) is 0 Å². The smallest absolute Gasteiger partial charge is 0.258 e. The fraction of sp³-hybridized carbons (Fsp3) is 0.150. The molecule has 2 aromatic heterocycles. The van der Waals surface area contributed by atoms with E-state index in [1.54, 1.807) is 29.7 Å². The van der Waals surface area contributed by atoms with Gasteiger partial charge in [-0.1, -0.05) is 12.1 Å². The lowest BCUT2D eigenvalue weighted by Crippen LogP contribution is -2.14. The van der Waals surface area contributed by atoms with Crippen LogP contribution in [-0.2, 0) is 4.74 Å². The summed E-state index contributed by atoms with van der Waals surface area (Å²) in [6, 6.07) is 8.82. The molecule has 2 unspecified atom stereocenters. The van der Waals surface area contributed by atoms with Crippen molar-refractivity contribution in [2.24, 2.45) is 0 Å². The normalized spacial score (nSPS) is 18.7. The zero-order chi connectivity index (χ0) is 18.8. The summed E-state index contributed by atoms with van der Waals surface area (Å²) in [5, 5.41) is 5.48. The zero-order valence-electron chi connectivity index (χ0n) is 14.4. The molecule has 1 aromatic carbocycles. The Bertz CT molecular complexity index is 987. The molecule has 0 saturated carbocycles. The summed E-state index contributed by atoms with van der Waals surface area (Å²) < 4.78 is 19.6. The molecule has 3 aromatic rings. The number of benzene rings is 1. The van der Waals surface area contributed by atoms with Gasteiger partial charge in [0.05, 0.1) is 11.8 Å². The minimum Gasteiger partial charge on any atom is -0.487 e. The minimum atomic E-state index is -0.650. The third-order valence-corrected chi connectivity index (χ3v) is 5.15. The molecule has 4 rings (SSSR count). The lowest BCUT2D eigenvalue weighted by molar-refractivity contribution is 0.102. The van der Waals surface area contributed by atoms with E-state index in [1.165, 1.54) is 12.3 Å². The van der Waals surface area contributed by atoms with Crippen LogP contribution >= 0.6 is 11.3 Å². The van der Waals surface area contributed by atoms with E-state index in [2.05, 4.69) is 21.4 Å². The molecule has 0 bridgehead atoms. The van der Waals surface area contributed by atoms with E-state index < -0.39 is 11.7 Å². The van der Waals surface area contributed by atoms with Crippen molar-refractivity contribution < 1.29 is 13.9 Å². The topological polar surface area (TPSA) is 64.1 Å². The molecule has 1 amide bonds. The summed E-state index contributed by atoms with van der Waals surface area (Å²) in [7, 11) is 0. The Balaban J connectivity index is 1.49. The Morgan fingerprint density at radius 3 is 2.74 bits per heavy atom. The maximum atomic E-state index is 13.7. The highest BCUT2D eigenvalue weighted by molar-refractivity contribution is 7.10. The third kappa shape index (κ3) is 3.59. The predicted molar refractivity (Wildman–Crippen MR) is 102 cm³/mol. The SMILES string of the molecule is CC1OC(c2nccs2)=CC1c1ccc(NC(=O)c2ccncc2F)cc1. The van der Waals surface area contributed by atoms with E-state index in [4.69, 9.17) is 4.74 Å². The van der Waals surface area contributed by atoms with Gasteiger partial charge in [-0.2, -0.15) is 0 Å². The third-order valence-electron chi connectivity index (χ3n) is 4.36. The number of amides is 1. The molecule has 27 heavy (non-hydrogen) atoms. The summed E-state index contributed by atoms with van der Waals surface area (Å²) in [5.41, 5.74) is 1.63. The van der Waals surface area contributed by atoms with Gasteiger partial charge in [-0.25, -0.2) is 9.37 Å². The molecule has 7 heteroatoms. The van der Waals surface area contributed by atoms with Gasteiger partial charge in [0.25, 0.3) is 5.91 Å². The highest BCUT2D eigenvalue weighted by atomic mass is 32.1. The number of carbonyl (C=O) groups excluding carboxylic acids is 1. The monoisotopic (exact) mass is 381 g/mol. The fourth-order valence-electron chi connectivity index (χ4n) is 2.99. The van der Waals surface area contributed by atoms with Crippen LogP contribution in [0.25, 0.3) is 5.76 Å². The van der Waals surface area contributed by atoms with Gasteiger partial charge < -0.3 is 10.1 Å². The largest absolute Gasteiger partial charge is 0.487 e. The van der Waals surface area contributed by atoms with E-state index in [0.29, 0.717) is 5.69 Å². The van der Waals surface area contributed by atoms with Crippen molar-refractivity contribution in [2.45, 2.75) is 18.9 Å². The zero-order valence-corrected chi connectivity index (χ0v) is 15.2. The number of nitrogens with zero attached hydrogens (tertiary/aromatic N) is 2. The Labute approximate surface area is 159 Å². The summed E-state index contributed by atoms with van der Waals surface area (Å²) >= 11 is 1.54. The fourth-order valence-corrected chi connectivity index (χ4v) is 3.60. The van der Waals surface area contributed by atoms with E-state index >= 15 is 0 Å². The van der Waals surface area contributed by atoms with Crippen LogP contribution in [0.4, 0.5) is 10.1 Å². The number of hydrogen-bond donors (Lipinski definition) is 1. The molecular formula is C20H16FN3O2S. The number of ether oxygens (including phenoxy) is 1. The number of anilines is 1. The first-order chi connectivity index (χ1) is 13.1. The molecule has 136 valence electrons. The van der Waals surface area contributed by atoms with Crippen LogP contribution in [0.1, 0.15) is 33.8 Å². The van der Waals surface area contributed by atoms with Gasteiger partial charge in [0, 0.05) is 29.4 Å². The number of hydrogen-bond acceptors (Lipinski definition) is 5. The molecule has 3 heterocycles. The first-order valence-corrected chi connectivity index (χ1v) is 9.29. The van der Waals surface area contributed by atoms with Gasteiger partial charge in [0.1, 0.15) is 6.10 Å². The minimum absolute atomic E-state index is 0.00439. The van der Waals surface area contributed by atoms with Crippen molar-refractivity contribution in [3.63, 3.8) is 0 Å². The van der Waals surface area contributed by atoms with Crippen molar-refractivity contribution >= 4 is 28.7 Å². The molecule has 0 saturated heterocycles. The molecule has 2 atom stereocenters. The van der Waals surface area contributed by atoms with Gasteiger partial charge >= 0.3 is 0 Å². The summed E-state index contributed by atoms with van der Waals surface area (Å²) in [4.78, 5) is 20.1. The second kappa shape index (κ2) is 7.28. The molecular weight excluding hydrogens is 365 g/mol. The maximum absolute atomic E-state index is 13.7. The lowest BCUT2D eigenvalue weighted by atomic mass is 9.95. The van der Waals surface area contributed by atoms with E-state index in [1.807, 2.05) is 24.4 Å². The van der Waals surface area contributed by atoms with Gasteiger partial charge in [0.2, 0.25) is 0 Å². The van der Waals surface area contributed by atoms with E-state index in [0.717, 1.165) is 22.5 Å². The van der Waals surface area contributed by atoms with Crippen molar-refractivity contribution in [1.82, 2.24) is 9.97 Å². The Kier molecular flexibility index (Phi) is 4.68. The Hall–Kier alpha value is -3.06. The van der Waals surface area contributed by atoms with E-state index in [9.17, 15) is 9.18 Å². The molecule has 0 fully saturated rings. The van der Waals surface area contributed by atoms with Crippen molar-refractivity contribution in [3.8, 4) is 0 Å². The number of aromatic nitrogens is 2. The summed E-state index contributed by atoms with van der Waals surface area (Å²) in [6.45, 7) is 2.02. The summed E-state index contributed by atoms with van der Waals surface area (Å²) in [5.74, 6) is -0.256. The average molecular weight is 381 g/mol. The predicted octanol–water partition coefficient (Wildman–Crippen LogP) is 4.47. The van der Waals surface area contributed by atoms with Crippen LogP contribution in [0.2, 0.25) is 0 Å². The maximum Gasteiger partial charge on any atom is 0.258 e. The molecule has 1 aliphatic rings. The van der Waals surface area contributed by atoms with E-state index in [-0.39, 0.29) is 17.6 Å². The number of halogens is 1. The van der Waals surface area contributed by atoms with Crippen molar-refractivity contribution in [2.75, 3.05) is 5.32 Å². The van der Waals surface area contributed by atoms with Crippen LogP contribution in [0.3, 0.4) is 0 Å². The van der Waals surface area contributed by atoms with Gasteiger partial charge in [-0.15, -0.1) is 11.3 Å². The van der Waals surface area contributed by atoms with Crippen LogP contribution in [0.15, 0.2) is 60.4 Å². The summed E-state index contributed by atoms with van der Waals surface area (Å²) in [6.07, 6.45) is 6.23. The van der Waals surface area contributed by atoms with Crippen LogP contribution < -0.4 is 5.32 Å². The number of nitrogens with one attached hydrogen (secondary N) is 1. The number of pyridine rings is 1.